The van der Waals surface area contributed by atoms with Crippen LogP contribution in [-0.2, 0) is 27.2 Å². The largest absolute Gasteiger partial charge is 0.484 e. The monoisotopic (exact) mass is 730 g/mol. The summed E-state index contributed by atoms with van der Waals surface area (Å²) in [5.74, 6) is -1.04. The van der Waals surface area contributed by atoms with Crippen LogP contribution in [0, 0.1) is 5.82 Å². The summed E-state index contributed by atoms with van der Waals surface area (Å²) in [6, 6.07) is 16.9. The predicted octanol–water partition coefficient (Wildman–Crippen LogP) is 3.82. The summed E-state index contributed by atoms with van der Waals surface area (Å²) >= 11 is 5.74. The molecule has 12 nitrogen and oxygen atoms in total. The highest BCUT2D eigenvalue weighted by atomic mass is 35.5. The van der Waals surface area contributed by atoms with Crippen LogP contribution in [-0.4, -0.2) is 95.4 Å². The highest BCUT2D eigenvalue weighted by molar-refractivity contribution is 6.29. The quantitative estimate of drug-likeness (QED) is 0.167. The van der Waals surface area contributed by atoms with E-state index in [4.69, 9.17) is 16.3 Å². The van der Waals surface area contributed by atoms with Crippen LogP contribution in [0.2, 0.25) is 0 Å². The number of halogens is 2. The molecule has 1 fully saturated rings. The number of rotatable bonds is 12. The second kappa shape index (κ2) is 16.8. The molecule has 1 saturated heterocycles. The number of aromatic amines is 1. The number of carbonyl (C=O) groups excluding carboxylic acids is 4. The number of nitrogens with one attached hydrogen (secondary N) is 2. The van der Waals surface area contributed by atoms with Gasteiger partial charge in [0.25, 0.3) is 17.4 Å². The van der Waals surface area contributed by atoms with Gasteiger partial charge in [0, 0.05) is 63.2 Å². The van der Waals surface area contributed by atoms with Crippen molar-refractivity contribution in [3.8, 4) is 5.75 Å². The van der Waals surface area contributed by atoms with Gasteiger partial charge < -0.3 is 24.8 Å². The molecular weight excluding hydrogens is 691 g/mol. The maximum absolute atomic E-state index is 14.9. The Kier molecular flexibility index (Phi) is 11.8. The van der Waals surface area contributed by atoms with Gasteiger partial charge in [-0.15, -0.1) is 11.6 Å². The molecule has 3 aromatic carbocycles. The SMILES string of the molecule is O=C(COc1ccc2c(c1)CCCN2C(=O)CCl)NCCCCC(=O)N1CCN(C(=O)c2cc(Cc3n[nH]c(=O)c4ccccc34)ccc2F)CC1. The molecule has 14 heteroatoms. The number of amides is 4. The van der Waals surface area contributed by atoms with Crippen molar-refractivity contribution in [1.29, 1.82) is 0 Å². The van der Waals surface area contributed by atoms with Gasteiger partial charge >= 0.3 is 0 Å². The van der Waals surface area contributed by atoms with Crippen molar-refractivity contribution in [2.45, 2.75) is 38.5 Å². The summed E-state index contributed by atoms with van der Waals surface area (Å²) in [4.78, 5) is 67.8. The standard InChI is InChI=1S/C38H40ClFN6O6/c39-23-36(49)46-15-5-6-26-22-27(11-13-33(26)46)52-24-34(47)41-14-4-3-9-35(48)44-16-18-45(19-17-44)38(51)30-20-25(10-12-31(30)40)21-32-28-7-1-2-8-29(28)37(50)43-42-32/h1-2,7-8,10-13,20,22H,3-6,9,14-19,21,23-24H2,(H,41,47)(H,43,50). The lowest BCUT2D eigenvalue weighted by molar-refractivity contribution is -0.132. The van der Waals surface area contributed by atoms with Gasteiger partial charge in [-0.1, -0.05) is 24.3 Å². The number of aromatic nitrogens is 2. The number of nitrogens with zero attached hydrogens (tertiary/aromatic N) is 4. The summed E-state index contributed by atoms with van der Waals surface area (Å²) in [6.45, 7) is 2.13. The molecule has 0 spiro atoms. The van der Waals surface area contributed by atoms with Crippen molar-refractivity contribution in [2.75, 3.05) is 56.7 Å². The van der Waals surface area contributed by atoms with Gasteiger partial charge in [0.05, 0.1) is 16.6 Å². The van der Waals surface area contributed by atoms with Gasteiger partial charge in [0.1, 0.15) is 17.4 Å². The van der Waals surface area contributed by atoms with Crippen LogP contribution < -0.4 is 20.5 Å². The van der Waals surface area contributed by atoms with Crippen molar-refractivity contribution < 1.29 is 28.3 Å². The second-order valence-corrected chi connectivity index (χ2v) is 13.1. The third kappa shape index (κ3) is 8.59. The molecule has 6 rings (SSSR count). The lowest BCUT2D eigenvalue weighted by Gasteiger charge is -2.35. The van der Waals surface area contributed by atoms with Crippen molar-refractivity contribution in [1.82, 2.24) is 25.3 Å². The minimum absolute atomic E-state index is 0.0331. The highest BCUT2D eigenvalue weighted by Gasteiger charge is 2.27. The summed E-state index contributed by atoms with van der Waals surface area (Å²) in [5, 5.41) is 10.7. The molecule has 272 valence electrons. The minimum atomic E-state index is -0.627. The first-order valence-electron chi connectivity index (χ1n) is 17.4. The van der Waals surface area contributed by atoms with E-state index in [1.165, 1.54) is 12.1 Å². The van der Waals surface area contributed by atoms with E-state index < -0.39 is 11.7 Å². The van der Waals surface area contributed by atoms with E-state index in [9.17, 15) is 28.4 Å². The van der Waals surface area contributed by atoms with E-state index in [1.54, 1.807) is 45.0 Å². The number of piperazine rings is 1. The third-order valence-electron chi connectivity index (χ3n) is 9.42. The average molecular weight is 731 g/mol. The smallest absolute Gasteiger partial charge is 0.272 e. The number of H-pyrrole nitrogens is 1. The molecule has 2 aliphatic rings. The number of unbranched alkanes of at least 4 members (excludes halogenated alkanes) is 1. The maximum Gasteiger partial charge on any atom is 0.272 e. The fourth-order valence-corrected chi connectivity index (χ4v) is 6.80. The highest BCUT2D eigenvalue weighted by Crippen LogP contribution is 2.31. The Morgan fingerprint density at radius 1 is 0.904 bits per heavy atom. The topological polar surface area (TPSA) is 145 Å². The van der Waals surface area contributed by atoms with E-state index in [-0.39, 0.29) is 54.4 Å². The Hall–Kier alpha value is -5.30. The lowest BCUT2D eigenvalue weighted by Crippen LogP contribution is -2.50. The Labute approximate surface area is 304 Å². The molecule has 1 aromatic heterocycles. The Bertz CT molecular complexity index is 2030. The zero-order chi connectivity index (χ0) is 36.6. The normalized spacial score (nSPS) is 14.2. The van der Waals surface area contributed by atoms with Crippen molar-refractivity contribution in [3.63, 3.8) is 0 Å². The zero-order valence-corrected chi connectivity index (χ0v) is 29.4. The molecule has 0 bridgehead atoms. The molecule has 0 atom stereocenters. The molecule has 4 aromatic rings. The molecule has 4 amide bonds. The van der Waals surface area contributed by atoms with Gasteiger partial charge in [0.2, 0.25) is 11.8 Å². The number of anilines is 1. The van der Waals surface area contributed by atoms with Crippen LogP contribution in [0.25, 0.3) is 10.8 Å². The molecule has 0 radical (unpaired) electrons. The number of aryl methyl sites for hydroxylation is 1. The van der Waals surface area contributed by atoms with Crippen LogP contribution in [0.1, 0.15) is 52.9 Å². The molecule has 3 heterocycles. The summed E-state index contributed by atoms with van der Waals surface area (Å²) < 4.78 is 20.5. The number of fused-ring (bicyclic) bond motifs is 2. The fourth-order valence-electron chi connectivity index (χ4n) is 6.66. The molecule has 2 aliphatic heterocycles. The van der Waals surface area contributed by atoms with Crippen molar-refractivity contribution in [2.24, 2.45) is 0 Å². The van der Waals surface area contributed by atoms with Crippen molar-refractivity contribution in [3.05, 3.63) is 99.2 Å². The Morgan fingerprint density at radius 2 is 1.67 bits per heavy atom. The Morgan fingerprint density at radius 3 is 2.46 bits per heavy atom. The minimum Gasteiger partial charge on any atom is -0.484 e. The zero-order valence-electron chi connectivity index (χ0n) is 28.7. The summed E-state index contributed by atoms with van der Waals surface area (Å²) in [7, 11) is 0. The van der Waals surface area contributed by atoms with E-state index in [0.29, 0.717) is 79.6 Å². The number of ether oxygens (including phenoxy) is 1. The summed E-state index contributed by atoms with van der Waals surface area (Å²) in [6.07, 6.45) is 3.44. The molecule has 0 aliphatic carbocycles. The fraction of sp³-hybridized carbons (Fsp3) is 0.368. The van der Waals surface area contributed by atoms with Crippen LogP contribution in [0.4, 0.5) is 10.1 Å². The van der Waals surface area contributed by atoms with Gasteiger partial charge in [0.15, 0.2) is 6.61 Å². The van der Waals surface area contributed by atoms with Crippen molar-refractivity contribution >= 4 is 51.7 Å². The Balaban J connectivity index is 0.904. The summed E-state index contributed by atoms with van der Waals surface area (Å²) in [5.41, 5.74) is 2.75. The van der Waals surface area contributed by atoms with Crippen LogP contribution >= 0.6 is 11.6 Å². The second-order valence-electron chi connectivity index (χ2n) is 12.9. The maximum atomic E-state index is 14.9. The van der Waals surface area contributed by atoms with E-state index in [0.717, 1.165) is 24.1 Å². The van der Waals surface area contributed by atoms with E-state index in [1.807, 2.05) is 18.2 Å². The van der Waals surface area contributed by atoms with Gasteiger partial charge in [-0.25, -0.2) is 9.49 Å². The molecular formula is C38H40ClFN6O6. The molecule has 52 heavy (non-hydrogen) atoms. The number of benzene rings is 3. The molecule has 0 unspecified atom stereocenters. The van der Waals surface area contributed by atoms with Gasteiger partial charge in [-0.05, 0) is 73.2 Å². The number of alkyl halides is 1. The van der Waals surface area contributed by atoms with Gasteiger partial charge in [-0.3, -0.25) is 24.0 Å². The predicted molar refractivity (Wildman–Crippen MR) is 194 cm³/mol. The van der Waals surface area contributed by atoms with Crippen LogP contribution in [0.15, 0.2) is 65.5 Å². The number of hydrogen-bond acceptors (Lipinski definition) is 7. The first-order chi connectivity index (χ1) is 25.2. The first-order valence-corrected chi connectivity index (χ1v) is 18.0. The first kappa shape index (κ1) is 36.5. The average Bonchev–Trinajstić information content (AvgIpc) is 3.17. The van der Waals surface area contributed by atoms with Gasteiger partial charge in [-0.2, -0.15) is 5.10 Å². The van der Waals surface area contributed by atoms with E-state index in [2.05, 4.69) is 15.5 Å². The number of carbonyl (C=O) groups is 4. The molecule has 2 N–H and O–H groups in total. The van der Waals surface area contributed by atoms with Crippen LogP contribution in [0.5, 0.6) is 5.75 Å². The number of hydrogen-bond donors (Lipinski definition) is 2. The third-order valence-corrected chi connectivity index (χ3v) is 9.65. The molecule has 0 saturated carbocycles. The van der Waals surface area contributed by atoms with E-state index >= 15 is 0 Å². The van der Waals surface area contributed by atoms with Crippen LogP contribution in [0.3, 0.4) is 0 Å². The lowest BCUT2D eigenvalue weighted by atomic mass is 10.0.